The van der Waals surface area contributed by atoms with E-state index in [1.54, 1.807) is 12.4 Å². The number of nitrogens with zero attached hydrogens (tertiary/aromatic N) is 1. The molecule has 0 atom stereocenters. The molecule has 0 aliphatic rings. The summed E-state index contributed by atoms with van der Waals surface area (Å²) in [5.41, 5.74) is 3.18. The van der Waals surface area contributed by atoms with Gasteiger partial charge in [-0.25, -0.2) is 4.79 Å². The predicted octanol–water partition coefficient (Wildman–Crippen LogP) is 4.43. The Hall–Kier alpha value is -2.57. The van der Waals surface area contributed by atoms with Gasteiger partial charge in [0.25, 0.3) is 0 Å². The Morgan fingerprint density at radius 3 is 2.85 bits per heavy atom. The molecular weight excluding hydrogens is 352 g/mol. The first-order chi connectivity index (χ1) is 12.7. The summed E-state index contributed by atoms with van der Waals surface area (Å²) in [5, 5.41) is 7.25. The molecule has 0 spiro atoms. The van der Waals surface area contributed by atoms with Gasteiger partial charge in [-0.2, -0.15) is 0 Å². The van der Waals surface area contributed by atoms with Gasteiger partial charge in [-0.1, -0.05) is 23.7 Å². The number of para-hydroxylation sites is 1. The standard InChI is InChI=1S/C19H21ClN4O2/c1-2-26-12-4-9-22-19(25)24-18-14-5-3-6-15(20)17(14)23-16(18)13-7-10-21-11-8-13/h3,5-8,10-11,23H,2,4,9,12H2,1H3,(H2,22,24,25). The zero-order chi connectivity index (χ0) is 18.4. The van der Waals surface area contributed by atoms with Crippen molar-refractivity contribution >= 4 is 34.2 Å². The molecule has 0 saturated carbocycles. The van der Waals surface area contributed by atoms with Crippen LogP contribution < -0.4 is 10.6 Å². The maximum Gasteiger partial charge on any atom is 0.319 e. The lowest BCUT2D eigenvalue weighted by atomic mass is 10.1. The number of carbonyl (C=O) groups is 1. The highest BCUT2D eigenvalue weighted by atomic mass is 35.5. The smallest absolute Gasteiger partial charge is 0.319 e. The molecule has 1 aromatic carbocycles. The van der Waals surface area contributed by atoms with Crippen molar-refractivity contribution in [3.05, 3.63) is 47.7 Å². The van der Waals surface area contributed by atoms with Gasteiger partial charge < -0.3 is 20.4 Å². The van der Waals surface area contributed by atoms with Crippen LogP contribution in [0.25, 0.3) is 22.2 Å². The Kier molecular flexibility index (Phi) is 6.09. The van der Waals surface area contributed by atoms with Crippen LogP contribution in [0.3, 0.4) is 0 Å². The Balaban J connectivity index is 1.84. The Bertz CT molecular complexity index is 880. The van der Waals surface area contributed by atoms with E-state index in [0.717, 1.165) is 28.6 Å². The van der Waals surface area contributed by atoms with Gasteiger partial charge >= 0.3 is 6.03 Å². The molecule has 0 fully saturated rings. The van der Waals surface area contributed by atoms with Crippen LogP contribution in [0.2, 0.25) is 5.02 Å². The molecule has 0 bridgehead atoms. The highest BCUT2D eigenvalue weighted by molar-refractivity contribution is 6.36. The van der Waals surface area contributed by atoms with Gasteiger partial charge in [0.05, 0.1) is 21.9 Å². The summed E-state index contributed by atoms with van der Waals surface area (Å²) in [4.78, 5) is 19.7. The number of hydrogen-bond donors (Lipinski definition) is 3. The number of aromatic amines is 1. The number of aromatic nitrogens is 2. The number of ether oxygens (including phenoxy) is 1. The van der Waals surface area contributed by atoms with Crippen molar-refractivity contribution in [2.24, 2.45) is 0 Å². The summed E-state index contributed by atoms with van der Waals surface area (Å²) in [6.45, 7) is 3.79. The van der Waals surface area contributed by atoms with Gasteiger partial charge in [0.1, 0.15) is 0 Å². The van der Waals surface area contributed by atoms with Crippen molar-refractivity contribution < 1.29 is 9.53 Å². The van der Waals surface area contributed by atoms with Crippen LogP contribution in [-0.2, 0) is 4.74 Å². The topological polar surface area (TPSA) is 79.0 Å². The van der Waals surface area contributed by atoms with Crippen LogP contribution in [0.1, 0.15) is 13.3 Å². The average molecular weight is 373 g/mol. The van der Waals surface area contributed by atoms with Crippen molar-refractivity contribution in [3.8, 4) is 11.3 Å². The van der Waals surface area contributed by atoms with Crippen LogP contribution in [0, 0.1) is 0 Å². The number of H-pyrrole nitrogens is 1. The first-order valence-electron chi connectivity index (χ1n) is 8.54. The zero-order valence-corrected chi connectivity index (χ0v) is 15.3. The summed E-state index contributed by atoms with van der Waals surface area (Å²) in [6.07, 6.45) is 4.18. The molecule has 0 saturated heterocycles. The Morgan fingerprint density at radius 1 is 1.27 bits per heavy atom. The van der Waals surface area contributed by atoms with E-state index in [4.69, 9.17) is 16.3 Å². The van der Waals surface area contributed by atoms with Gasteiger partial charge in [0.15, 0.2) is 0 Å². The number of benzene rings is 1. The third-order valence-corrected chi connectivity index (χ3v) is 4.26. The van der Waals surface area contributed by atoms with Crippen LogP contribution in [-0.4, -0.2) is 35.8 Å². The summed E-state index contributed by atoms with van der Waals surface area (Å²) in [6, 6.07) is 9.09. The van der Waals surface area contributed by atoms with Gasteiger partial charge in [0, 0.05) is 43.1 Å². The first-order valence-corrected chi connectivity index (χ1v) is 8.91. The molecule has 6 nitrogen and oxygen atoms in total. The molecule has 0 aliphatic carbocycles. The number of fused-ring (bicyclic) bond motifs is 1. The molecule has 7 heteroatoms. The minimum Gasteiger partial charge on any atom is -0.382 e. The van der Waals surface area contributed by atoms with Crippen LogP contribution in [0.4, 0.5) is 10.5 Å². The molecule has 0 aliphatic heterocycles. The largest absolute Gasteiger partial charge is 0.382 e. The minimum absolute atomic E-state index is 0.266. The van der Waals surface area contributed by atoms with Gasteiger partial charge in [0.2, 0.25) is 0 Å². The molecule has 0 radical (unpaired) electrons. The third kappa shape index (κ3) is 4.15. The molecule has 2 aromatic heterocycles. The Labute approximate surface area is 156 Å². The SMILES string of the molecule is CCOCCCNC(=O)Nc1c(-c2ccncc2)[nH]c2c(Cl)cccc12. The molecule has 3 aromatic rings. The normalized spacial score (nSPS) is 10.8. The molecule has 0 unspecified atom stereocenters. The summed E-state index contributed by atoms with van der Waals surface area (Å²) in [5.74, 6) is 0. The highest BCUT2D eigenvalue weighted by Crippen LogP contribution is 2.37. The van der Waals surface area contributed by atoms with Crippen LogP contribution in [0.15, 0.2) is 42.7 Å². The monoisotopic (exact) mass is 372 g/mol. The van der Waals surface area contributed by atoms with Crippen LogP contribution in [0.5, 0.6) is 0 Å². The minimum atomic E-state index is -0.266. The second-order valence-electron chi connectivity index (χ2n) is 5.70. The van der Waals surface area contributed by atoms with E-state index >= 15 is 0 Å². The van der Waals surface area contributed by atoms with Gasteiger partial charge in [-0.15, -0.1) is 0 Å². The summed E-state index contributed by atoms with van der Waals surface area (Å²) in [7, 11) is 0. The van der Waals surface area contributed by atoms with Gasteiger partial charge in [-0.3, -0.25) is 4.98 Å². The van der Waals surface area contributed by atoms with E-state index in [0.29, 0.717) is 30.5 Å². The molecule has 2 heterocycles. The number of halogens is 1. The van der Waals surface area contributed by atoms with E-state index in [1.165, 1.54) is 0 Å². The van der Waals surface area contributed by atoms with E-state index < -0.39 is 0 Å². The predicted molar refractivity (Wildman–Crippen MR) is 105 cm³/mol. The fraction of sp³-hybridized carbons (Fsp3) is 0.263. The number of nitrogens with one attached hydrogen (secondary N) is 3. The molecule has 2 amide bonds. The molecular formula is C19H21ClN4O2. The quantitative estimate of drug-likeness (QED) is 0.537. The number of hydrogen-bond acceptors (Lipinski definition) is 3. The number of amides is 2. The maximum atomic E-state index is 12.3. The summed E-state index contributed by atoms with van der Waals surface area (Å²) >= 11 is 6.31. The van der Waals surface area contributed by atoms with E-state index in [2.05, 4.69) is 20.6 Å². The third-order valence-electron chi connectivity index (χ3n) is 3.95. The lowest BCUT2D eigenvalue weighted by molar-refractivity contribution is 0.145. The van der Waals surface area contributed by atoms with E-state index in [-0.39, 0.29) is 6.03 Å². The second kappa shape index (κ2) is 8.69. The zero-order valence-electron chi connectivity index (χ0n) is 14.5. The van der Waals surface area contributed by atoms with Crippen molar-refractivity contribution in [3.63, 3.8) is 0 Å². The Morgan fingerprint density at radius 2 is 2.08 bits per heavy atom. The van der Waals surface area contributed by atoms with E-state index in [9.17, 15) is 4.79 Å². The summed E-state index contributed by atoms with van der Waals surface area (Å²) < 4.78 is 5.27. The van der Waals surface area contributed by atoms with Crippen molar-refractivity contribution in [1.29, 1.82) is 0 Å². The number of urea groups is 1. The molecule has 3 N–H and O–H groups in total. The van der Waals surface area contributed by atoms with Crippen molar-refractivity contribution in [2.75, 3.05) is 25.1 Å². The molecule has 136 valence electrons. The van der Waals surface area contributed by atoms with Crippen molar-refractivity contribution in [1.82, 2.24) is 15.3 Å². The van der Waals surface area contributed by atoms with Crippen molar-refractivity contribution in [2.45, 2.75) is 13.3 Å². The average Bonchev–Trinajstić information content (AvgIpc) is 3.02. The fourth-order valence-corrected chi connectivity index (χ4v) is 2.95. The number of rotatable bonds is 7. The number of carbonyl (C=O) groups excluding carboxylic acids is 1. The number of anilines is 1. The molecule has 3 rings (SSSR count). The highest BCUT2D eigenvalue weighted by Gasteiger charge is 2.16. The fourth-order valence-electron chi connectivity index (χ4n) is 2.72. The van der Waals surface area contributed by atoms with Crippen LogP contribution >= 0.6 is 11.6 Å². The van der Waals surface area contributed by atoms with E-state index in [1.807, 2.05) is 37.3 Å². The lowest BCUT2D eigenvalue weighted by Crippen LogP contribution is -2.30. The second-order valence-corrected chi connectivity index (χ2v) is 6.11. The first kappa shape index (κ1) is 18.2. The maximum absolute atomic E-state index is 12.3. The van der Waals surface area contributed by atoms with Gasteiger partial charge in [-0.05, 0) is 31.5 Å². The molecule has 26 heavy (non-hydrogen) atoms. The number of pyridine rings is 1. The lowest BCUT2D eigenvalue weighted by Gasteiger charge is -2.09.